The first kappa shape index (κ1) is 17.0. The summed E-state index contributed by atoms with van der Waals surface area (Å²) >= 11 is 0. The maximum absolute atomic E-state index is 13.3. The van der Waals surface area contributed by atoms with Crippen LogP contribution < -0.4 is 0 Å². The molecule has 0 amide bonds. The fraction of sp³-hybridized carbons (Fsp3) is 0.435. The molecule has 1 saturated carbocycles. The molecule has 3 aliphatic rings. The molecule has 0 spiro atoms. The van der Waals surface area contributed by atoms with Gasteiger partial charge in [-0.25, -0.2) is 4.79 Å². The van der Waals surface area contributed by atoms with Gasteiger partial charge in [0.2, 0.25) is 5.60 Å². The first-order valence-corrected chi connectivity index (χ1v) is 9.85. The summed E-state index contributed by atoms with van der Waals surface area (Å²) < 4.78 is 5.95. The van der Waals surface area contributed by atoms with Gasteiger partial charge in [-0.1, -0.05) is 60.7 Å². The maximum atomic E-state index is 13.3. The molecule has 4 nitrogen and oxygen atoms in total. The van der Waals surface area contributed by atoms with Crippen LogP contribution in [0.4, 0.5) is 0 Å². The van der Waals surface area contributed by atoms with Crippen molar-refractivity contribution in [3.63, 3.8) is 0 Å². The van der Waals surface area contributed by atoms with E-state index in [-0.39, 0.29) is 6.10 Å². The second-order valence-electron chi connectivity index (χ2n) is 8.30. The van der Waals surface area contributed by atoms with Gasteiger partial charge in [0, 0.05) is 24.9 Å². The number of benzene rings is 2. The van der Waals surface area contributed by atoms with E-state index in [1.54, 1.807) is 24.3 Å². The number of ether oxygens (including phenoxy) is 1. The normalized spacial score (nSPS) is 32.0. The molecule has 2 aromatic rings. The van der Waals surface area contributed by atoms with Crippen molar-refractivity contribution in [2.24, 2.45) is 11.8 Å². The van der Waals surface area contributed by atoms with Gasteiger partial charge < -0.3 is 9.84 Å². The van der Waals surface area contributed by atoms with Crippen molar-refractivity contribution in [3.8, 4) is 0 Å². The van der Waals surface area contributed by atoms with Crippen molar-refractivity contribution >= 4 is 5.97 Å². The van der Waals surface area contributed by atoms with Crippen molar-refractivity contribution in [2.75, 3.05) is 7.05 Å². The van der Waals surface area contributed by atoms with Crippen molar-refractivity contribution in [1.82, 2.24) is 4.90 Å². The standard InChI is InChI=1S/C23H25NO3/c1-24-20-12-17(13-21(24)19-14-18(19)20)27-22(25)23(26,15-8-4-2-5-9-15)16-10-6-3-7-11-16/h2-11,17-21,26H,12-14H2,1H3/t17?,18-,19+,20+,21-. The third-order valence-corrected chi connectivity index (χ3v) is 6.89. The van der Waals surface area contributed by atoms with Gasteiger partial charge in [0.1, 0.15) is 6.10 Å². The number of carbonyl (C=O) groups is 1. The second-order valence-corrected chi connectivity index (χ2v) is 8.30. The minimum atomic E-state index is -1.78. The highest BCUT2D eigenvalue weighted by atomic mass is 16.6. The summed E-state index contributed by atoms with van der Waals surface area (Å²) in [4.78, 5) is 15.7. The molecule has 2 aromatic carbocycles. The lowest BCUT2D eigenvalue weighted by Crippen LogP contribution is -2.48. The number of piperidine rings is 2. The fourth-order valence-electron chi connectivity index (χ4n) is 5.38. The van der Waals surface area contributed by atoms with Crippen LogP contribution in [0.3, 0.4) is 0 Å². The van der Waals surface area contributed by atoms with Crippen LogP contribution in [0.5, 0.6) is 0 Å². The highest BCUT2D eigenvalue weighted by Crippen LogP contribution is 2.58. The Balaban J connectivity index is 1.42. The molecule has 2 saturated heterocycles. The number of esters is 1. The zero-order valence-corrected chi connectivity index (χ0v) is 15.5. The van der Waals surface area contributed by atoms with Crippen molar-refractivity contribution in [1.29, 1.82) is 0 Å². The molecule has 3 fully saturated rings. The quantitative estimate of drug-likeness (QED) is 0.849. The third kappa shape index (κ3) is 2.62. The highest BCUT2D eigenvalue weighted by Gasteiger charge is 2.61. The number of hydrogen-bond donors (Lipinski definition) is 1. The van der Waals surface area contributed by atoms with Crippen molar-refractivity contribution in [3.05, 3.63) is 71.8 Å². The van der Waals surface area contributed by atoms with E-state index < -0.39 is 11.6 Å². The number of carbonyl (C=O) groups excluding carboxylic acids is 1. The SMILES string of the molecule is CN1[C@@H]2CC(OC(=O)C(O)(c3ccccc3)c3ccccc3)C[C@H]1[C@@H]1C[C@@H]12. The van der Waals surface area contributed by atoms with Crippen molar-refractivity contribution < 1.29 is 14.6 Å². The van der Waals surface area contributed by atoms with E-state index >= 15 is 0 Å². The van der Waals surface area contributed by atoms with Crippen LogP contribution in [-0.4, -0.2) is 41.2 Å². The summed E-state index contributed by atoms with van der Waals surface area (Å²) in [5, 5.41) is 11.5. The van der Waals surface area contributed by atoms with Crippen molar-refractivity contribution in [2.45, 2.75) is 43.1 Å². The maximum Gasteiger partial charge on any atom is 0.347 e. The van der Waals surface area contributed by atoms with Gasteiger partial charge in [0.05, 0.1) is 0 Å². The van der Waals surface area contributed by atoms with Gasteiger partial charge in [-0.05, 0) is 36.4 Å². The summed E-state index contributed by atoms with van der Waals surface area (Å²) in [7, 11) is 2.20. The molecule has 1 aliphatic carbocycles. The summed E-state index contributed by atoms with van der Waals surface area (Å²) in [6.07, 6.45) is 2.97. The lowest BCUT2D eigenvalue weighted by atomic mass is 9.86. The number of aliphatic hydroxyl groups is 1. The Hall–Kier alpha value is -2.17. The van der Waals surface area contributed by atoms with Crippen LogP contribution in [0, 0.1) is 11.8 Å². The van der Waals surface area contributed by atoms with Crippen LogP contribution >= 0.6 is 0 Å². The minimum Gasteiger partial charge on any atom is -0.460 e. The molecular weight excluding hydrogens is 338 g/mol. The van der Waals surface area contributed by atoms with E-state index in [1.165, 1.54) is 6.42 Å². The largest absolute Gasteiger partial charge is 0.460 e. The van der Waals surface area contributed by atoms with Gasteiger partial charge in [-0.15, -0.1) is 0 Å². The number of nitrogens with zero attached hydrogens (tertiary/aromatic N) is 1. The van der Waals surface area contributed by atoms with E-state index in [1.807, 2.05) is 36.4 Å². The molecule has 1 unspecified atom stereocenters. The molecule has 140 valence electrons. The van der Waals surface area contributed by atoms with Crippen LogP contribution in [0.15, 0.2) is 60.7 Å². The number of fused-ring (bicyclic) bond motifs is 5. The predicted molar refractivity (Wildman–Crippen MR) is 102 cm³/mol. The smallest absolute Gasteiger partial charge is 0.347 e. The van der Waals surface area contributed by atoms with Gasteiger partial charge >= 0.3 is 5.97 Å². The Kier molecular flexibility index (Phi) is 3.88. The first-order chi connectivity index (χ1) is 13.1. The van der Waals surface area contributed by atoms with E-state index in [0.29, 0.717) is 23.2 Å². The minimum absolute atomic E-state index is 0.115. The average molecular weight is 363 g/mol. The van der Waals surface area contributed by atoms with Crippen LogP contribution in [-0.2, 0) is 15.1 Å². The monoisotopic (exact) mass is 363 g/mol. The Labute approximate surface area is 159 Å². The average Bonchev–Trinajstić information content (AvgIpc) is 3.47. The number of rotatable bonds is 4. The molecule has 0 radical (unpaired) electrons. The van der Waals surface area contributed by atoms with E-state index in [4.69, 9.17) is 4.74 Å². The summed E-state index contributed by atoms with van der Waals surface area (Å²) in [5.41, 5.74) is -0.701. The van der Waals surface area contributed by atoms with Crippen LogP contribution in [0.1, 0.15) is 30.4 Å². The van der Waals surface area contributed by atoms with Crippen LogP contribution in [0.25, 0.3) is 0 Å². The Morgan fingerprint density at radius 2 is 1.41 bits per heavy atom. The number of hydrogen-bond acceptors (Lipinski definition) is 4. The zero-order chi connectivity index (χ0) is 18.6. The molecule has 4 heteroatoms. The Morgan fingerprint density at radius 1 is 0.926 bits per heavy atom. The Bertz CT molecular complexity index is 780. The van der Waals surface area contributed by atoms with Gasteiger partial charge in [0.25, 0.3) is 0 Å². The molecule has 2 aliphatic heterocycles. The third-order valence-electron chi connectivity index (χ3n) is 6.89. The lowest BCUT2D eigenvalue weighted by Gasteiger charge is -2.39. The van der Waals surface area contributed by atoms with E-state index in [9.17, 15) is 9.90 Å². The summed E-state index contributed by atoms with van der Waals surface area (Å²) in [5.74, 6) is 0.999. The van der Waals surface area contributed by atoms with Gasteiger partial charge in [0.15, 0.2) is 0 Å². The second kappa shape index (κ2) is 6.18. The molecule has 5 rings (SSSR count). The fourth-order valence-corrected chi connectivity index (χ4v) is 5.38. The molecule has 27 heavy (non-hydrogen) atoms. The van der Waals surface area contributed by atoms with Gasteiger partial charge in [-0.2, -0.15) is 0 Å². The van der Waals surface area contributed by atoms with E-state index in [2.05, 4.69) is 11.9 Å². The summed E-state index contributed by atoms with van der Waals surface area (Å²) in [6, 6.07) is 19.2. The first-order valence-electron chi connectivity index (χ1n) is 9.85. The molecule has 5 atom stereocenters. The predicted octanol–water partition coefficient (Wildman–Crippen LogP) is 2.95. The molecule has 0 aromatic heterocycles. The molecule has 1 N–H and O–H groups in total. The molecular formula is C23H25NO3. The van der Waals surface area contributed by atoms with Crippen LogP contribution in [0.2, 0.25) is 0 Å². The Morgan fingerprint density at radius 3 is 1.89 bits per heavy atom. The molecule has 2 heterocycles. The topological polar surface area (TPSA) is 49.8 Å². The summed E-state index contributed by atoms with van der Waals surface area (Å²) in [6.45, 7) is 0. The lowest BCUT2D eigenvalue weighted by molar-refractivity contribution is -0.171. The highest BCUT2D eigenvalue weighted by molar-refractivity contribution is 5.85. The van der Waals surface area contributed by atoms with E-state index in [0.717, 1.165) is 24.7 Å². The van der Waals surface area contributed by atoms with Gasteiger partial charge in [-0.3, -0.25) is 4.90 Å². The zero-order valence-electron chi connectivity index (χ0n) is 15.5. The molecule has 2 bridgehead atoms.